The standard InChI is InChI=1S/C13H26N2.ClH/c1-2-8-15(10-12-5-6-12)11-13-4-3-7-14-9-13;/h12-14H,2-11H2,1H3;1H. The van der Waals surface area contributed by atoms with E-state index in [9.17, 15) is 0 Å². The van der Waals surface area contributed by atoms with Gasteiger partial charge in [0.2, 0.25) is 0 Å². The van der Waals surface area contributed by atoms with Gasteiger partial charge in [0.25, 0.3) is 0 Å². The molecule has 2 fully saturated rings. The van der Waals surface area contributed by atoms with Crippen molar-refractivity contribution in [2.45, 2.75) is 39.0 Å². The Labute approximate surface area is 107 Å². The van der Waals surface area contributed by atoms with E-state index in [4.69, 9.17) is 0 Å². The minimum absolute atomic E-state index is 0. The maximum absolute atomic E-state index is 3.52. The molecular formula is C13H27ClN2. The van der Waals surface area contributed by atoms with Gasteiger partial charge in [-0.2, -0.15) is 0 Å². The van der Waals surface area contributed by atoms with Crippen LogP contribution in [0, 0.1) is 11.8 Å². The van der Waals surface area contributed by atoms with Gasteiger partial charge in [-0.1, -0.05) is 6.92 Å². The molecule has 1 saturated carbocycles. The van der Waals surface area contributed by atoms with Crippen molar-refractivity contribution in [1.29, 1.82) is 0 Å². The van der Waals surface area contributed by atoms with Gasteiger partial charge >= 0.3 is 0 Å². The fourth-order valence-corrected chi connectivity index (χ4v) is 2.68. The molecule has 2 rings (SSSR count). The van der Waals surface area contributed by atoms with Gasteiger partial charge in [-0.25, -0.2) is 0 Å². The zero-order valence-electron chi connectivity index (χ0n) is 10.6. The van der Waals surface area contributed by atoms with E-state index in [1.54, 1.807) is 0 Å². The lowest BCUT2D eigenvalue weighted by Crippen LogP contribution is -2.39. The highest BCUT2D eigenvalue weighted by Crippen LogP contribution is 2.30. The van der Waals surface area contributed by atoms with Gasteiger partial charge in [0.15, 0.2) is 0 Å². The second kappa shape index (κ2) is 7.52. The van der Waals surface area contributed by atoms with Crippen LogP contribution in [0.15, 0.2) is 0 Å². The van der Waals surface area contributed by atoms with Crippen molar-refractivity contribution in [2.24, 2.45) is 11.8 Å². The quantitative estimate of drug-likeness (QED) is 0.775. The number of hydrogen-bond acceptors (Lipinski definition) is 2. The molecule has 16 heavy (non-hydrogen) atoms. The number of nitrogens with one attached hydrogen (secondary N) is 1. The zero-order valence-corrected chi connectivity index (χ0v) is 11.4. The topological polar surface area (TPSA) is 15.3 Å². The molecule has 96 valence electrons. The third-order valence-corrected chi connectivity index (χ3v) is 3.67. The first-order valence-corrected chi connectivity index (χ1v) is 6.81. The van der Waals surface area contributed by atoms with Crippen LogP contribution in [0.5, 0.6) is 0 Å². The molecule has 2 nitrogen and oxygen atoms in total. The van der Waals surface area contributed by atoms with Crippen LogP contribution in [-0.2, 0) is 0 Å². The average molecular weight is 247 g/mol. The van der Waals surface area contributed by atoms with Crippen molar-refractivity contribution in [3.63, 3.8) is 0 Å². The van der Waals surface area contributed by atoms with Crippen LogP contribution in [-0.4, -0.2) is 37.6 Å². The van der Waals surface area contributed by atoms with Gasteiger partial charge in [0.1, 0.15) is 0 Å². The van der Waals surface area contributed by atoms with Gasteiger partial charge in [-0.05, 0) is 63.6 Å². The lowest BCUT2D eigenvalue weighted by Gasteiger charge is -2.30. The fourth-order valence-electron chi connectivity index (χ4n) is 2.68. The summed E-state index contributed by atoms with van der Waals surface area (Å²) < 4.78 is 0. The Morgan fingerprint density at radius 1 is 1.12 bits per heavy atom. The van der Waals surface area contributed by atoms with E-state index < -0.39 is 0 Å². The monoisotopic (exact) mass is 246 g/mol. The predicted molar refractivity (Wildman–Crippen MR) is 72.3 cm³/mol. The highest BCUT2D eigenvalue weighted by Gasteiger charge is 2.25. The maximum Gasteiger partial charge on any atom is 0.00219 e. The van der Waals surface area contributed by atoms with Crippen molar-refractivity contribution < 1.29 is 0 Å². The van der Waals surface area contributed by atoms with E-state index in [2.05, 4.69) is 17.1 Å². The Morgan fingerprint density at radius 2 is 1.88 bits per heavy atom. The summed E-state index contributed by atoms with van der Waals surface area (Å²) in [4.78, 5) is 2.72. The molecule has 1 aliphatic carbocycles. The Balaban J connectivity index is 0.00000128. The zero-order chi connectivity index (χ0) is 10.5. The van der Waals surface area contributed by atoms with E-state index in [-0.39, 0.29) is 12.4 Å². The molecule has 1 atom stereocenters. The molecule has 2 aliphatic rings. The van der Waals surface area contributed by atoms with Crippen LogP contribution in [0.3, 0.4) is 0 Å². The molecular weight excluding hydrogens is 220 g/mol. The van der Waals surface area contributed by atoms with Crippen LogP contribution in [0.2, 0.25) is 0 Å². The first-order valence-electron chi connectivity index (χ1n) is 6.81. The molecule has 0 aromatic carbocycles. The van der Waals surface area contributed by atoms with Crippen LogP contribution < -0.4 is 5.32 Å². The number of halogens is 1. The second-order valence-electron chi connectivity index (χ2n) is 5.42. The van der Waals surface area contributed by atoms with Crippen LogP contribution in [0.25, 0.3) is 0 Å². The van der Waals surface area contributed by atoms with Crippen molar-refractivity contribution in [1.82, 2.24) is 10.2 Å². The summed E-state index contributed by atoms with van der Waals surface area (Å²) in [6, 6.07) is 0. The smallest absolute Gasteiger partial charge is 0.00219 e. The predicted octanol–water partition coefficient (Wildman–Crippen LogP) is 2.53. The van der Waals surface area contributed by atoms with Crippen LogP contribution in [0.1, 0.15) is 39.0 Å². The molecule has 1 aliphatic heterocycles. The van der Waals surface area contributed by atoms with E-state index in [0.29, 0.717) is 0 Å². The molecule has 1 saturated heterocycles. The minimum atomic E-state index is 0. The number of hydrogen-bond donors (Lipinski definition) is 1. The Kier molecular flexibility index (Phi) is 6.71. The highest BCUT2D eigenvalue weighted by molar-refractivity contribution is 5.85. The summed E-state index contributed by atoms with van der Waals surface area (Å²) in [7, 11) is 0. The Hall–Kier alpha value is 0.210. The molecule has 1 unspecified atom stereocenters. The van der Waals surface area contributed by atoms with E-state index in [1.165, 1.54) is 64.8 Å². The number of rotatable bonds is 6. The number of piperidine rings is 1. The van der Waals surface area contributed by atoms with Gasteiger partial charge in [0.05, 0.1) is 0 Å². The molecule has 1 heterocycles. The Bertz CT molecular complexity index is 177. The second-order valence-corrected chi connectivity index (χ2v) is 5.42. The summed E-state index contributed by atoms with van der Waals surface area (Å²) in [5.74, 6) is 1.97. The lowest BCUT2D eigenvalue weighted by atomic mass is 9.99. The molecule has 0 amide bonds. The summed E-state index contributed by atoms with van der Waals surface area (Å²) >= 11 is 0. The van der Waals surface area contributed by atoms with Gasteiger partial charge in [-0.15, -0.1) is 12.4 Å². The van der Waals surface area contributed by atoms with Gasteiger partial charge in [0, 0.05) is 13.1 Å². The first kappa shape index (κ1) is 14.3. The maximum atomic E-state index is 3.52. The Morgan fingerprint density at radius 3 is 2.44 bits per heavy atom. The first-order chi connectivity index (χ1) is 7.38. The third-order valence-electron chi connectivity index (χ3n) is 3.67. The highest BCUT2D eigenvalue weighted by atomic mass is 35.5. The fraction of sp³-hybridized carbons (Fsp3) is 1.00. The molecule has 0 radical (unpaired) electrons. The van der Waals surface area contributed by atoms with E-state index in [0.717, 1.165) is 11.8 Å². The van der Waals surface area contributed by atoms with Crippen LogP contribution >= 0.6 is 12.4 Å². The number of nitrogens with zero attached hydrogens (tertiary/aromatic N) is 1. The summed E-state index contributed by atoms with van der Waals surface area (Å²) in [6.45, 7) is 8.84. The molecule has 3 heteroatoms. The SMILES string of the molecule is CCCN(CC1CC1)CC1CCCNC1.Cl. The molecule has 0 aromatic heterocycles. The molecule has 1 N–H and O–H groups in total. The molecule has 0 aromatic rings. The average Bonchev–Trinajstić information content (AvgIpc) is 3.03. The summed E-state index contributed by atoms with van der Waals surface area (Å²) in [5.41, 5.74) is 0. The van der Waals surface area contributed by atoms with Crippen molar-refractivity contribution in [3.05, 3.63) is 0 Å². The van der Waals surface area contributed by atoms with Gasteiger partial charge < -0.3 is 10.2 Å². The largest absolute Gasteiger partial charge is 0.316 e. The summed E-state index contributed by atoms with van der Waals surface area (Å²) in [6.07, 6.45) is 7.12. The van der Waals surface area contributed by atoms with Crippen molar-refractivity contribution >= 4 is 12.4 Å². The third kappa shape index (κ3) is 5.03. The van der Waals surface area contributed by atoms with E-state index in [1.807, 2.05) is 0 Å². The van der Waals surface area contributed by atoms with Crippen LogP contribution in [0.4, 0.5) is 0 Å². The summed E-state index contributed by atoms with van der Waals surface area (Å²) in [5, 5.41) is 3.52. The lowest BCUT2D eigenvalue weighted by molar-refractivity contribution is 0.201. The molecule has 0 bridgehead atoms. The van der Waals surface area contributed by atoms with E-state index >= 15 is 0 Å². The van der Waals surface area contributed by atoms with Crippen molar-refractivity contribution in [2.75, 3.05) is 32.7 Å². The minimum Gasteiger partial charge on any atom is -0.316 e. The molecule has 0 spiro atoms. The van der Waals surface area contributed by atoms with Crippen molar-refractivity contribution in [3.8, 4) is 0 Å². The van der Waals surface area contributed by atoms with Gasteiger partial charge in [-0.3, -0.25) is 0 Å². The normalized spacial score (nSPS) is 25.5.